The molecule has 0 fully saturated rings. The van der Waals surface area contributed by atoms with Gasteiger partial charge in [-0.05, 0) is 88.2 Å². The second kappa shape index (κ2) is 16.0. The summed E-state index contributed by atoms with van der Waals surface area (Å²) < 4.78 is 0. The quantitative estimate of drug-likeness (QED) is 0.295. The highest BCUT2D eigenvalue weighted by atomic mass is 31.1. The molecule has 0 aromatic heterocycles. The average Bonchev–Trinajstić information content (AvgIpc) is 3.22. The van der Waals surface area contributed by atoms with Gasteiger partial charge in [0.25, 0.3) is 5.91 Å². The van der Waals surface area contributed by atoms with Crippen LogP contribution < -0.4 is 11.0 Å². The van der Waals surface area contributed by atoms with Gasteiger partial charge in [0.2, 0.25) is 0 Å². The average molecular weight is 520 g/mol. The molecule has 3 rings (SSSR count). The number of rotatable bonds is 6. The number of allylic oxidation sites excluding steroid dienone is 6. The lowest BCUT2D eigenvalue weighted by Crippen LogP contribution is -2.26. The van der Waals surface area contributed by atoms with Gasteiger partial charge in [0.05, 0.1) is 5.70 Å². The van der Waals surface area contributed by atoms with Crippen molar-refractivity contribution in [3.63, 3.8) is 0 Å². The predicted molar refractivity (Wildman–Crippen MR) is 159 cm³/mol. The predicted octanol–water partition coefficient (Wildman–Crippen LogP) is 6.62. The molecule has 0 radical (unpaired) electrons. The van der Waals surface area contributed by atoms with E-state index in [2.05, 4.69) is 11.6 Å². The Morgan fingerprint density at radius 1 is 0.973 bits per heavy atom. The molecule has 37 heavy (non-hydrogen) atoms. The highest BCUT2D eigenvalue weighted by Gasteiger charge is 2.33. The Kier molecular flexibility index (Phi) is 13.4. The van der Waals surface area contributed by atoms with Crippen molar-refractivity contribution in [3.05, 3.63) is 109 Å². The third-order valence-corrected chi connectivity index (χ3v) is 6.87. The van der Waals surface area contributed by atoms with Crippen LogP contribution in [-0.2, 0) is 4.79 Å². The SMILES string of the molecule is C=C/C=C\C=C/C.CC.CC(C)=C1N=C(P(C)c2ccc(O)cc2)C(=O)N1/C=C(\N)c1ccc(O)cc1. The minimum atomic E-state index is -0.980. The Bertz CT molecular complexity index is 1190. The van der Waals surface area contributed by atoms with E-state index in [1.807, 2.05) is 77.7 Å². The number of aliphatic imine (C=N–C) groups is 1. The van der Waals surface area contributed by atoms with Crippen LogP contribution >= 0.6 is 7.92 Å². The molecule has 1 heterocycles. The Labute approximate surface area is 222 Å². The van der Waals surface area contributed by atoms with Gasteiger partial charge in [-0.25, -0.2) is 4.99 Å². The molecule has 1 aliphatic rings. The van der Waals surface area contributed by atoms with E-state index in [0.717, 1.165) is 10.9 Å². The summed E-state index contributed by atoms with van der Waals surface area (Å²) in [6, 6.07) is 13.3. The molecular weight excluding hydrogens is 481 g/mol. The fourth-order valence-electron chi connectivity index (χ4n) is 3.02. The smallest absolute Gasteiger partial charge is 0.282 e. The second-order valence-corrected chi connectivity index (χ2v) is 9.85. The standard InChI is InChI=1S/C21H22N3O3P.C7H10.C2H6/c1-13(2)19-23-20(28(3)17-10-8-16(26)9-11-17)21(27)24(19)12-18(22)14-4-6-15(25)7-5-14;1-3-5-7-6-4-2;1-2/h4-12,25-26H,22H2,1-3H3;3-7H,1H2,2H3;1-2H3/b18-12-;6-4-,7-5-;. The normalized spacial score (nSPS) is 14.1. The molecule has 1 unspecified atom stereocenters. The van der Waals surface area contributed by atoms with Gasteiger partial charge >= 0.3 is 0 Å². The van der Waals surface area contributed by atoms with E-state index in [9.17, 15) is 15.0 Å². The summed E-state index contributed by atoms with van der Waals surface area (Å²) in [6.45, 7) is 15.2. The molecule has 1 atom stereocenters. The molecule has 0 saturated carbocycles. The number of amides is 1. The van der Waals surface area contributed by atoms with Gasteiger partial charge in [-0.3, -0.25) is 9.69 Å². The molecule has 0 bridgehead atoms. The highest BCUT2D eigenvalue weighted by molar-refractivity contribution is 7.83. The molecule has 2 aromatic rings. The van der Waals surface area contributed by atoms with E-state index < -0.39 is 7.92 Å². The fraction of sp³-hybridized carbons (Fsp3) is 0.200. The van der Waals surface area contributed by atoms with E-state index in [0.29, 0.717) is 22.5 Å². The molecular formula is C30H38N3O3P. The van der Waals surface area contributed by atoms with Gasteiger partial charge in [-0.15, -0.1) is 0 Å². The Balaban J connectivity index is 0.000000659. The number of carbonyl (C=O) groups is 1. The van der Waals surface area contributed by atoms with Crippen LogP contribution in [-0.4, -0.2) is 33.1 Å². The summed E-state index contributed by atoms with van der Waals surface area (Å²) in [5, 5.41) is 19.9. The van der Waals surface area contributed by atoms with Crippen molar-refractivity contribution in [1.29, 1.82) is 0 Å². The Morgan fingerprint density at radius 3 is 2.00 bits per heavy atom. The Hall–Kier alpha value is -3.89. The van der Waals surface area contributed by atoms with Crippen molar-refractivity contribution in [1.82, 2.24) is 4.90 Å². The maximum atomic E-state index is 13.1. The maximum Gasteiger partial charge on any atom is 0.282 e. The minimum Gasteiger partial charge on any atom is -0.508 e. The number of nitrogens with two attached hydrogens (primary N) is 1. The van der Waals surface area contributed by atoms with Crippen LogP contribution in [0.2, 0.25) is 0 Å². The number of hydrogen-bond donors (Lipinski definition) is 3. The first-order chi connectivity index (χ1) is 17.7. The highest BCUT2D eigenvalue weighted by Crippen LogP contribution is 2.38. The van der Waals surface area contributed by atoms with Gasteiger partial charge in [0.1, 0.15) is 22.8 Å². The first-order valence-electron chi connectivity index (χ1n) is 12.0. The zero-order valence-corrected chi connectivity index (χ0v) is 23.4. The summed E-state index contributed by atoms with van der Waals surface area (Å²) >= 11 is 0. The summed E-state index contributed by atoms with van der Waals surface area (Å²) in [5.74, 6) is 0.687. The van der Waals surface area contributed by atoms with Crippen LogP contribution in [0.4, 0.5) is 0 Å². The van der Waals surface area contributed by atoms with Crippen molar-refractivity contribution < 1.29 is 15.0 Å². The van der Waals surface area contributed by atoms with Gasteiger partial charge < -0.3 is 15.9 Å². The molecule has 6 nitrogen and oxygen atoms in total. The zero-order chi connectivity index (χ0) is 28.0. The number of phenols is 2. The lowest BCUT2D eigenvalue weighted by atomic mass is 10.1. The first kappa shape index (κ1) is 31.1. The van der Waals surface area contributed by atoms with E-state index >= 15 is 0 Å². The first-order valence-corrected chi connectivity index (χ1v) is 13.8. The molecule has 1 amide bonds. The van der Waals surface area contributed by atoms with Crippen molar-refractivity contribution in [3.8, 4) is 11.5 Å². The van der Waals surface area contributed by atoms with Crippen LogP contribution in [0.1, 0.15) is 40.2 Å². The van der Waals surface area contributed by atoms with Crippen molar-refractivity contribution >= 4 is 30.3 Å². The molecule has 196 valence electrons. The molecule has 2 aromatic carbocycles. The van der Waals surface area contributed by atoms with E-state index in [-0.39, 0.29) is 17.4 Å². The molecule has 4 N–H and O–H groups in total. The number of aromatic hydroxyl groups is 2. The van der Waals surface area contributed by atoms with Crippen LogP contribution in [0, 0.1) is 0 Å². The summed E-state index contributed by atoms with van der Waals surface area (Å²) in [7, 11) is -0.980. The van der Waals surface area contributed by atoms with Crippen LogP contribution in [0.3, 0.4) is 0 Å². The van der Waals surface area contributed by atoms with E-state index in [4.69, 9.17) is 5.73 Å². The summed E-state index contributed by atoms with van der Waals surface area (Å²) in [5.41, 5.74) is 8.66. The number of phenolic OH excluding ortho intramolecular Hbond substituents is 2. The summed E-state index contributed by atoms with van der Waals surface area (Å²) in [4.78, 5) is 19.2. The van der Waals surface area contributed by atoms with Crippen molar-refractivity contribution in [2.75, 3.05) is 6.66 Å². The number of benzene rings is 2. The minimum absolute atomic E-state index is 0.148. The monoisotopic (exact) mass is 519 g/mol. The fourth-order valence-corrected chi connectivity index (χ4v) is 4.50. The van der Waals surface area contributed by atoms with Crippen molar-refractivity contribution in [2.45, 2.75) is 34.6 Å². The zero-order valence-electron chi connectivity index (χ0n) is 22.5. The molecule has 0 aliphatic carbocycles. The Morgan fingerprint density at radius 2 is 1.51 bits per heavy atom. The lowest BCUT2D eigenvalue weighted by molar-refractivity contribution is -0.119. The third-order valence-electron chi connectivity index (χ3n) is 4.87. The molecule has 0 saturated heterocycles. The third kappa shape index (κ3) is 9.25. The maximum absolute atomic E-state index is 13.1. The van der Waals surface area contributed by atoms with E-state index in [1.165, 1.54) is 4.90 Å². The summed E-state index contributed by atoms with van der Waals surface area (Å²) in [6.07, 6.45) is 11.1. The molecule has 1 aliphatic heterocycles. The topological polar surface area (TPSA) is 99.2 Å². The number of nitrogens with zero attached hydrogens (tertiary/aromatic N) is 2. The van der Waals surface area contributed by atoms with Crippen molar-refractivity contribution in [2.24, 2.45) is 10.7 Å². The second-order valence-electron chi connectivity index (χ2n) is 7.79. The molecule has 7 heteroatoms. The van der Waals surface area contributed by atoms with Gasteiger partial charge in [-0.1, -0.05) is 62.9 Å². The van der Waals surface area contributed by atoms with Crippen LogP contribution in [0.15, 0.2) is 108 Å². The number of hydrogen-bond acceptors (Lipinski definition) is 5. The van der Waals surface area contributed by atoms with E-state index in [1.54, 1.807) is 48.7 Å². The molecule has 0 spiro atoms. The van der Waals surface area contributed by atoms with Crippen LogP contribution in [0.5, 0.6) is 11.5 Å². The number of carbonyl (C=O) groups excluding carboxylic acids is 1. The van der Waals surface area contributed by atoms with Gasteiger partial charge in [0, 0.05) is 6.20 Å². The largest absolute Gasteiger partial charge is 0.508 e. The lowest BCUT2D eigenvalue weighted by Gasteiger charge is -2.16. The van der Waals surface area contributed by atoms with Crippen LogP contribution in [0.25, 0.3) is 5.70 Å². The van der Waals surface area contributed by atoms with Gasteiger partial charge in [0.15, 0.2) is 0 Å². The van der Waals surface area contributed by atoms with Gasteiger partial charge in [-0.2, -0.15) is 0 Å².